The lowest BCUT2D eigenvalue weighted by Crippen LogP contribution is -2.84. The fourth-order valence-electron chi connectivity index (χ4n) is 5.59. The van der Waals surface area contributed by atoms with Crippen molar-refractivity contribution in [3.63, 3.8) is 0 Å². The molecular formula is C25H35N7O4. The molecule has 0 bridgehead atoms. The molecule has 36 heavy (non-hydrogen) atoms. The predicted octanol–water partition coefficient (Wildman–Crippen LogP) is 1.66. The summed E-state index contributed by atoms with van der Waals surface area (Å²) < 4.78 is 0. The Hall–Kier alpha value is -3.34. The maximum absolute atomic E-state index is 12.8. The number of urea groups is 1. The molecule has 1 aromatic rings. The van der Waals surface area contributed by atoms with Gasteiger partial charge in [0.1, 0.15) is 0 Å². The zero-order chi connectivity index (χ0) is 25.9. The van der Waals surface area contributed by atoms with E-state index in [-0.39, 0.29) is 29.8 Å². The number of azo groups is 1. The van der Waals surface area contributed by atoms with Crippen molar-refractivity contribution < 1.29 is 19.2 Å². The van der Waals surface area contributed by atoms with E-state index in [0.29, 0.717) is 37.1 Å². The fourth-order valence-corrected chi connectivity index (χ4v) is 5.59. The first-order chi connectivity index (χ1) is 17.2. The van der Waals surface area contributed by atoms with Crippen LogP contribution in [0.1, 0.15) is 56.8 Å². The van der Waals surface area contributed by atoms with Crippen LogP contribution in [0, 0.1) is 0 Å². The van der Waals surface area contributed by atoms with E-state index in [1.54, 1.807) is 24.3 Å². The Morgan fingerprint density at radius 3 is 2.44 bits per heavy atom. The van der Waals surface area contributed by atoms with Crippen LogP contribution in [0.5, 0.6) is 0 Å². The van der Waals surface area contributed by atoms with Crippen molar-refractivity contribution in [3.05, 3.63) is 29.8 Å². The number of hydrogen-bond donors (Lipinski definition) is 4. The Bertz CT molecular complexity index is 1040. The number of Topliss-reactive ketones (excluding diaryl/α,β-unsaturated/α-hetero) is 1. The molecule has 1 aliphatic carbocycles. The van der Waals surface area contributed by atoms with Crippen LogP contribution in [0.4, 0.5) is 10.5 Å². The lowest BCUT2D eigenvalue weighted by atomic mass is 9.58. The minimum absolute atomic E-state index is 0.0295. The summed E-state index contributed by atoms with van der Waals surface area (Å²) >= 11 is 0. The van der Waals surface area contributed by atoms with Crippen molar-refractivity contribution in [3.8, 4) is 0 Å². The van der Waals surface area contributed by atoms with Gasteiger partial charge in [-0.2, -0.15) is 10.2 Å². The van der Waals surface area contributed by atoms with Crippen LogP contribution in [0.3, 0.4) is 0 Å². The second-order valence-corrected chi connectivity index (χ2v) is 9.76. The number of rotatable bonds is 10. The van der Waals surface area contributed by atoms with Crippen LogP contribution < -0.4 is 21.3 Å². The van der Waals surface area contributed by atoms with E-state index in [1.165, 1.54) is 6.92 Å². The Kier molecular flexibility index (Phi) is 7.39. The molecule has 3 fully saturated rings. The van der Waals surface area contributed by atoms with Crippen molar-refractivity contribution in [2.24, 2.45) is 10.2 Å². The van der Waals surface area contributed by atoms with Crippen LogP contribution in [-0.4, -0.2) is 77.9 Å². The van der Waals surface area contributed by atoms with Gasteiger partial charge in [-0.3, -0.25) is 14.4 Å². The van der Waals surface area contributed by atoms with Gasteiger partial charge < -0.3 is 26.2 Å². The van der Waals surface area contributed by atoms with Gasteiger partial charge in [-0.15, -0.1) is 0 Å². The Balaban J connectivity index is 1.41. The zero-order valence-electron chi connectivity index (χ0n) is 21.1. The van der Waals surface area contributed by atoms with Crippen LogP contribution in [-0.2, 0) is 9.59 Å². The highest BCUT2D eigenvalue weighted by Gasteiger charge is 2.72. The van der Waals surface area contributed by atoms with Gasteiger partial charge in [-0.1, -0.05) is 13.8 Å². The van der Waals surface area contributed by atoms with E-state index >= 15 is 0 Å². The highest BCUT2D eigenvalue weighted by atomic mass is 16.2. The molecule has 4 rings (SSSR count). The summed E-state index contributed by atoms with van der Waals surface area (Å²) in [5, 5.41) is 20.1. The minimum atomic E-state index is -1.63. The van der Waals surface area contributed by atoms with E-state index in [2.05, 4.69) is 50.2 Å². The maximum atomic E-state index is 12.8. The molecule has 2 aliphatic heterocycles. The molecule has 1 spiro atoms. The lowest BCUT2D eigenvalue weighted by molar-refractivity contribution is -0.155. The van der Waals surface area contributed by atoms with E-state index < -0.39 is 17.0 Å². The SMILES string of the molecule is CCN(CC)CCCNC(=O)c1ccc(N=NC2(C(C)=O)C(=O)NC23CCC2NC(=O)NC2C3)cc1. The maximum Gasteiger partial charge on any atom is 0.315 e. The van der Waals surface area contributed by atoms with Crippen LogP contribution in [0.2, 0.25) is 0 Å². The van der Waals surface area contributed by atoms with Gasteiger partial charge in [-0.05, 0) is 76.5 Å². The summed E-state index contributed by atoms with van der Waals surface area (Å²) in [6, 6.07) is 6.12. The van der Waals surface area contributed by atoms with Crippen LogP contribution in [0.15, 0.2) is 34.5 Å². The monoisotopic (exact) mass is 497 g/mol. The highest BCUT2D eigenvalue weighted by molar-refractivity contribution is 6.17. The highest BCUT2D eigenvalue weighted by Crippen LogP contribution is 2.47. The van der Waals surface area contributed by atoms with Crippen molar-refractivity contribution in [1.29, 1.82) is 0 Å². The Labute approximate surface area is 210 Å². The summed E-state index contributed by atoms with van der Waals surface area (Å²) in [7, 11) is 0. The van der Waals surface area contributed by atoms with Crippen molar-refractivity contribution in [2.75, 3.05) is 26.2 Å². The molecule has 194 valence electrons. The molecule has 11 heteroatoms. The third kappa shape index (κ3) is 4.59. The number of ketones is 1. The molecule has 0 aromatic heterocycles. The molecule has 3 aliphatic rings. The first kappa shape index (κ1) is 25.7. The molecule has 1 aromatic carbocycles. The second kappa shape index (κ2) is 10.3. The summed E-state index contributed by atoms with van der Waals surface area (Å²) in [6.07, 6.45) is 2.40. The van der Waals surface area contributed by atoms with Gasteiger partial charge >= 0.3 is 6.03 Å². The second-order valence-electron chi connectivity index (χ2n) is 9.76. The number of β-lactam (4-membered cyclic amide) rings is 1. The van der Waals surface area contributed by atoms with E-state index in [1.807, 2.05) is 0 Å². The number of carbonyl (C=O) groups is 4. The van der Waals surface area contributed by atoms with Crippen molar-refractivity contribution >= 4 is 29.3 Å². The standard InChI is InChI=1S/C25H35N7O4/c1-4-32(5-2)14-6-13-26-21(34)17-7-9-18(10-8-17)30-31-25(16(3)33)22(35)29-24(25)12-11-19-20(15-24)28-23(36)27-19/h7-10,19-20H,4-6,11-15H2,1-3H3,(H,26,34)(H,29,35)(H2,27,28,36). The average Bonchev–Trinajstić information content (AvgIpc) is 3.23. The van der Waals surface area contributed by atoms with E-state index in [0.717, 1.165) is 26.1 Å². The largest absolute Gasteiger partial charge is 0.352 e. The van der Waals surface area contributed by atoms with Gasteiger partial charge in [0.05, 0.1) is 23.3 Å². The van der Waals surface area contributed by atoms with E-state index in [4.69, 9.17) is 0 Å². The van der Waals surface area contributed by atoms with E-state index in [9.17, 15) is 19.2 Å². The number of fused-ring (bicyclic) bond motifs is 1. The predicted molar refractivity (Wildman–Crippen MR) is 133 cm³/mol. The number of nitrogens with one attached hydrogen (secondary N) is 4. The zero-order valence-corrected chi connectivity index (χ0v) is 21.1. The third-order valence-corrected chi connectivity index (χ3v) is 7.73. The quantitative estimate of drug-likeness (QED) is 0.168. The first-order valence-corrected chi connectivity index (χ1v) is 12.7. The molecule has 2 heterocycles. The van der Waals surface area contributed by atoms with Gasteiger partial charge in [0.2, 0.25) is 5.54 Å². The summed E-state index contributed by atoms with van der Waals surface area (Å²) in [6.45, 7) is 9.09. The number of nitrogens with zero attached hydrogens (tertiary/aromatic N) is 3. The first-order valence-electron chi connectivity index (χ1n) is 12.7. The third-order valence-electron chi connectivity index (χ3n) is 7.73. The van der Waals surface area contributed by atoms with Gasteiger partial charge in [0.15, 0.2) is 5.78 Å². The normalized spacial score (nSPS) is 28.9. The fraction of sp³-hybridized carbons (Fsp3) is 0.600. The summed E-state index contributed by atoms with van der Waals surface area (Å²) in [5.74, 6) is -1.03. The van der Waals surface area contributed by atoms with Crippen LogP contribution in [0.25, 0.3) is 0 Å². The lowest BCUT2D eigenvalue weighted by Gasteiger charge is -2.57. The molecule has 2 saturated heterocycles. The number of benzene rings is 1. The molecule has 4 unspecified atom stereocenters. The Morgan fingerprint density at radius 2 is 1.81 bits per heavy atom. The molecular weight excluding hydrogens is 462 g/mol. The molecule has 0 radical (unpaired) electrons. The van der Waals surface area contributed by atoms with Gasteiger partial charge in [0, 0.05) is 12.1 Å². The average molecular weight is 498 g/mol. The topological polar surface area (TPSA) is 144 Å². The minimum Gasteiger partial charge on any atom is -0.352 e. The molecule has 11 nitrogen and oxygen atoms in total. The Morgan fingerprint density at radius 1 is 1.11 bits per heavy atom. The van der Waals surface area contributed by atoms with Crippen molar-refractivity contribution in [1.82, 2.24) is 26.2 Å². The summed E-state index contributed by atoms with van der Waals surface area (Å²) in [5.41, 5.74) is -1.58. The molecule has 1 saturated carbocycles. The number of hydrogen-bond acceptors (Lipinski definition) is 7. The van der Waals surface area contributed by atoms with Crippen molar-refractivity contribution in [2.45, 2.75) is 69.6 Å². The van der Waals surface area contributed by atoms with Gasteiger partial charge in [0.25, 0.3) is 11.8 Å². The number of amides is 4. The van der Waals surface area contributed by atoms with Gasteiger partial charge in [-0.25, -0.2) is 4.79 Å². The molecule has 4 atom stereocenters. The molecule has 4 N–H and O–H groups in total. The molecule has 4 amide bonds. The summed E-state index contributed by atoms with van der Waals surface area (Å²) in [4.78, 5) is 52.0. The smallest absolute Gasteiger partial charge is 0.315 e. The van der Waals surface area contributed by atoms with Crippen LogP contribution >= 0.6 is 0 Å². The number of carbonyl (C=O) groups excluding carboxylic acids is 4.